The van der Waals surface area contributed by atoms with Crippen LogP contribution in [0, 0.1) is 0 Å². The Morgan fingerprint density at radius 3 is 2.81 bits per heavy atom. The Morgan fingerprint density at radius 1 is 1.23 bits per heavy atom. The molecular weight excluding hydrogens is 382 g/mol. The van der Waals surface area contributed by atoms with E-state index in [1.54, 1.807) is 11.8 Å². The van der Waals surface area contributed by atoms with Crippen LogP contribution in [0.2, 0.25) is 5.02 Å². The lowest BCUT2D eigenvalue weighted by Gasteiger charge is -2.14. The number of thiophene rings is 1. The number of rotatable bonds is 6. The van der Waals surface area contributed by atoms with Crippen molar-refractivity contribution >= 4 is 50.7 Å². The lowest BCUT2D eigenvalue weighted by molar-refractivity contribution is 0.759. The Balaban J connectivity index is 1.65. The number of halogens is 1. The summed E-state index contributed by atoms with van der Waals surface area (Å²) in [4.78, 5) is 13.6. The van der Waals surface area contributed by atoms with Crippen LogP contribution >= 0.6 is 34.7 Å². The van der Waals surface area contributed by atoms with Crippen molar-refractivity contribution in [3.8, 4) is 0 Å². The van der Waals surface area contributed by atoms with Crippen LogP contribution in [0.5, 0.6) is 0 Å². The second kappa shape index (κ2) is 7.75. The molecule has 3 nitrogen and oxygen atoms in total. The van der Waals surface area contributed by atoms with Crippen LogP contribution < -0.4 is 5.32 Å². The molecule has 1 atom stereocenters. The number of aromatic nitrogens is 2. The Bertz CT molecular complexity index is 921. The van der Waals surface area contributed by atoms with Gasteiger partial charge in [0, 0.05) is 20.8 Å². The molecule has 26 heavy (non-hydrogen) atoms. The molecule has 1 aliphatic carbocycles. The van der Waals surface area contributed by atoms with Gasteiger partial charge in [0.1, 0.15) is 16.5 Å². The summed E-state index contributed by atoms with van der Waals surface area (Å²) in [6, 6.07) is 8.34. The predicted octanol–water partition coefficient (Wildman–Crippen LogP) is 6.34. The Hall–Kier alpha value is -1.30. The minimum absolute atomic E-state index is 0.404. The summed E-state index contributed by atoms with van der Waals surface area (Å²) in [5.74, 6) is 2.67. The minimum atomic E-state index is 0.404. The maximum Gasteiger partial charge on any atom is 0.142 e. The third-order valence-corrected chi connectivity index (χ3v) is 7.23. The first kappa shape index (κ1) is 18.1. The highest BCUT2D eigenvalue weighted by atomic mass is 35.5. The van der Waals surface area contributed by atoms with Crippen molar-refractivity contribution in [1.29, 1.82) is 0 Å². The molecule has 136 valence electrons. The third-order valence-electron chi connectivity index (χ3n) is 4.79. The van der Waals surface area contributed by atoms with E-state index in [1.807, 2.05) is 35.6 Å². The number of thioether (sulfide) groups is 1. The van der Waals surface area contributed by atoms with Crippen LogP contribution in [0.3, 0.4) is 0 Å². The SMILES string of the molecule is CC[C@H](C)Nc1nc(CSc2ccc(Cl)cc2)nc2sc3c(c12)CCC3. The molecule has 4 rings (SSSR count). The molecule has 0 spiro atoms. The normalized spacial score (nSPS) is 14.6. The van der Waals surface area contributed by atoms with Crippen LogP contribution in [0.1, 0.15) is 43.0 Å². The Morgan fingerprint density at radius 2 is 2.04 bits per heavy atom. The van der Waals surface area contributed by atoms with E-state index in [1.165, 1.54) is 33.6 Å². The van der Waals surface area contributed by atoms with Gasteiger partial charge in [-0.25, -0.2) is 9.97 Å². The number of hydrogen-bond acceptors (Lipinski definition) is 5. The molecule has 0 aliphatic heterocycles. The van der Waals surface area contributed by atoms with E-state index < -0.39 is 0 Å². The summed E-state index contributed by atoms with van der Waals surface area (Å²) < 4.78 is 0. The molecular formula is C20H22ClN3S2. The molecule has 3 aromatic rings. The Kier molecular flexibility index (Phi) is 5.39. The minimum Gasteiger partial charge on any atom is -0.367 e. The van der Waals surface area contributed by atoms with Crippen LogP contribution in [0.25, 0.3) is 10.2 Å². The van der Waals surface area contributed by atoms with Gasteiger partial charge in [0.05, 0.1) is 11.1 Å². The quantitative estimate of drug-likeness (QED) is 0.487. The lowest BCUT2D eigenvalue weighted by atomic mass is 10.1. The van der Waals surface area contributed by atoms with Crippen molar-refractivity contribution in [2.24, 2.45) is 0 Å². The van der Waals surface area contributed by atoms with Gasteiger partial charge >= 0.3 is 0 Å². The van der Waals surface area contributed by atoms with E-state index in [-0.39, 0.29) is 0 Å². The third kappa shape index (κ3) is 3.71. The van der Waals surface area contributed by atoms with Gasteiger partial charge in [-0.1, -0.05) is 18.5 Å². The number of nitrogens with one attached hydrogen (secondary N) is 1. The molecule has 1 N–H and O–H groups in total. The van der Waals surface area contributed by atoms with E-state index in [2.05, 4.69) is 19.2 Å². The highest BCUT2D eigenvalue weighted by molar-refractivity contribution is 7.98. The van der Waals surface area contributed by atoms with Gasteiger partial charge in [0.15, 0.2) is 0 Å². The number of anilines is 1. The predicted molar refractivity (Wildman–Crippen MR) is 114 cm³/mol. The maximum atomic E-state index is 5.97. The number of hydrogen-bond donors (Lipinski definition) is 1. The summed E-state index contributed by atoms with van der Waals surface area (Å²) in [5.41, 5.74) is 1.48. The number of aryl methyl sites for hydroxylation is 2. The topological polar surface area (TPSA) is 37.8 Å². The molecule has 0 amide bonds. The first-order chi connectivity index (χ1) is 12.6. The van der Waals surface area contributed by atoms with E-state index >= 15 is 0 Å². The van der Waals surface area contributed by atoms with Gasteiger partial charge in [-0.15, -0.1) is 23.1 Å². The Labute approximate surface area is 167 Å². The zero-order chi connectivity index (χ0) is 18.1. The van der Waals surface area contributed by atoms with E-state index in [4.69, 9.17) is 21.6 Å². The maximum absolute atomic E-state index is 5.97. The van der Waals surface area contributed by atoms with Crippen LogP contribution in [0.4, 0.5) is 5.82 Å². The molecule has 0 saturated carbocycles. The smallest absolute Gasteiger partial charge is 0.142 e. The summed E-state index contributed by atoms with van der Waals surface area (Å²) in [6.45, 7) is 4.41. The van der Waals surface area contributed by atoms with Crippen LogP contribution in [0.15, 0.2) is 29.2 Å². The van der Waals surface area contributed by atoms with Gasteiger partial charge in [-0.3, -0.25) is 0 Å². The second-order valence-electron chi connectivity index (χ2n) is 6.72. The molecule has 1 aliphatic rings. The van der Waals surface area contributed by atoms with Crippen molar-refractivity contribution in [2.45, 2.75) is 56.2 Å². The van der Waals surface area contributed by atoms with Crippen molar-refractivity contribution in [3.05, 3.63) is 45.6 Å². The van der Waals surface area contributed by atoms with Crippen molar-refractivity contribution in [2.75, 3.05) is 5.32 Å². The molecule has 2 heterocycles. The summed E-state index contributed by atoms with van der Waals surface area (Å²) in [6.07, 6.45) is 4.68. The zero-order valence-electron chi connectivity index (χ0n) is 15.0. The fraction of sp³-hybridized carbons (Fsp3) is 0.400. The van der Waals surface area contributed by atoms with E-state index in [0.717, 1.165) is 40.1 Å². The van der Waals surface area contributed by atoms with Crippen molar-refractivity contribution in [3.63, 3.8) is 0 Å². The first-order valence-corrected chi connectivity index (χ1v) is 11.3. The first-order valence-electron chi connectivity index (χ1n) is 9.10. The second-order valence-corrected chi connectivity index (χ2v) is 9.29. The van der Waals surface area contributed by atoms with Gasteiger partial charge in [0.25, 0.3) is 0 Å². The lowest BCUT2D eigenvalue weighted by Crippen LogP contribution is -2.15. The van der Waals surface area contributed by atoms with Gasteiger partial charge in [-0.2, -0.15) is 0 Å². The fourth-order valence-electron chi connectivity index (χ4n) is 3.22. The summed E-state index contributed by atoms with van der Waals surface area (Å²) >= 11 is 9.58. The average molecular weight is 404 g/mol. The number of fused-ring (bicyclic) bond motifs is 3. The van der Waals surface area contributed by atoms with Crippen molar-refractivity contribution in [1.82, 2.24) is 9.97 Å². The highest BCUT2D eigenvalue weighted by Gasteiger charge is 2.22. The van der Waals surface area contributed by atoms with E-state index in [0.29, 0.717) is 6.04 Å². The molecule has 0 fully saturated rings. The van der Waals surface area contributed by atoms with Gasteiger partial charge in [0.2, 0.25) is 0 Å². The van der Waals surface area contributed by atoms with Gasteiger partial charge in [-0.05, 0) is 62.4 Å². The van der Waals surface area contributed by atoms with Crippen LogP contribution in [-0.4, -0.2) is 16.0 Å². The zero-order valence-corrected chi connectivity index (χ0v) is 17.4. The molecule has 0 unspecified atom stereocenters. The van der Waals surface area contributed by atoms with Crippen molar-refractivity contribution < 1.29 is 0 Å². The molecule has 0 bridgehead atoms. The molecule has 2 aromatic heterocycles. The highest BCUT2D eigenvalue weighted by Crippen LogP contribution is 2.40. The number of nitrogens with zero attached hydrogens (tertiary/aromatic N) is 2. The average Bonchev–Trinajstić information content (AvgIpc) is 3.21. The van der Waals surface area contributed by atoms with E-state index in [9.17, 15) is 0 Å². The summed E-state index contributed by atoms with van der Waals surface area (Å²) in [5, 5.41) is 5.66. The molecule has 6 heteroatoms. The number of benzene rings is 1. The fourth-order valence-corrected chi connectivity index (χ4v) is 5.38. The standard InChI is InChI=1S/C20H22ClN3S2/c1-3-12(2)22-19-18-15-5-4-6-16(15)26-20(18)24-17(23-19)11-25-14-9-7-13(21)8-10-14/h7-10,12H,3-6,11H2,1-2H3,(H,22,23,24)/t12-/m0/s1. The largest absolute Gasteiger partial charge is 0.367 e. The summed E-state index contributed by atoms with van der Waals surface area (Å²) in [7, 11) is 0. The molecule has 0 radical (unpaired) electrons. The molecule has 1 aromatic carbocycles. The molecule has 0 saturated heterocycles. The van der Waals surface area contributed by atoms with Gasteiger partial charge < -0.3 is 5.32 Å². The monoisotopic (exact) mass is 403 g/mol. The van der Waals surface area contributed by atoms with Crippen LogP contribution in [-0.2, 0) is 18.6 Å².